The van der Waals surface area contributed by atoms with Gasteiger partial charge in [-0.2, -0.15) is 0 Å². The molecule has 1 heterocycles. The van der Waals surface area contributed by atoms with Gasteiger partial charge in [-0.3, -0.25) is 0 Å². The van der Waals surface area contributed by atoms with Crippen molar-refractivity contribution >= 4 is 23.5 Å². The van der Waals surface area contributed by atoms with Crippen LogP contribution >= 0.6 is 11.3 Å². The Labute approximate surface area is 64.0 Å². The average Bonchev–Trinajstić information content (AvgIpc) is 2.34. The number of nitrogens with zero attached hydrogens (tertiary/aromatic N) is 1. The minimum absolute atomic E-state index is 0.849. The van der Waals surface area contributed by atoms with Crippen LogP contribution in [0.3, 0.4) is 0 Å². The Hall–Kier alpha value is -0.890. The maximum absolute atomic E-state index is 4.02. The highest BCUT2D eigenvalue weighted by atomic mass is 32.1. The third kappa shape index (κ3) is 1.16. The normalized spacial score (nSPS) is 12.9. The van der Waals surface area contributed by atoms with E-state index in [1.165, 1.54) is 0 Å². The molecule has 0 aliphatic heterocycles. The summed E-state index contributed by atoms with van der Waals surface area (Å²) in [5.41, 5.74) is 2.94. The minimum atomic E-state index is 0.849. The van der Waals surface area contributed by atoms with Crippen molar-refractivity contribution in [3.8, 4) is 0 Å². The molecule has 0 atom stereocenters. The molecular weight excluding hydrogens is 142 g/mol. The fourth-order valence-corrected chi connectivity index (χ4v) is 1.43. The largest absolute Gasteiger partial charge is 0.245 e. The zero-order valence-corrected chi connectivity index (χ0v) is 6.74. The van der Waals surface area contributed by atoms with E-state index in [4.69, 9.17) is 0 Å². The third-order valence-corrected chi connectivity index (χ3v) is 2.31. The van der Waals surface area contributed by atoms with Crippen LogP contribution in [0.4, 0.5) is 0 Å². The van der Waals surface area contributed by atoms with Gasteiger partial charge in [0.2, 0.25) is 0 Å². The summed E-state index contributed by atoms with van der Waals surface area (Å²) in [7, 11) is 0. The van der Waals surface area contributed by atoms with Crippen LogP contribution in [-0.2, 0) is 0 Å². The Morgan fingerprint density at radius 2 is 2.50 bits per heavy atom. The van der Waals surface area contributed by atoms with Crippen molar-refractivity contribution in [3.63, 3.8) is 0 Å². The molecule has 0 saturated heterocycles. The molecule has 10 heavy (non-hydrogen) atoms. The highest BCUT2D eigenvalue weighted by molar-refractivity contribution is 7.07. The first-order chi connectivity index (χ1) is 4.75. The number of thiazole rings is 1. The first-order valence-electron chi connectivity index (χ1n) is 2.97. The van der Waals surface area contributed by atoms with E-state index in [9.17, 15) is 0 Å². The molecule has 0 aromatic carbocycles. The van der Waals surface area contributed by atoms with Crippen molar-refractivity contribution in [2.24, 2.45) is 0 Å². The number of hydrogen-bond acceptors (Lipinski definition) is 2. The maximum Gasteiger partial charge on any atom is 0.0805 e. The summed E-state index contributed by atoms with van der Waals surface area (Å²) in [5.74, 6) is 0. The Morgan fingerprint density at radius 3 is 2.90 bits per heavy atom. The highest BCUT2D eigenvalue weighted by Gasteiger charge is 1.87. The quantitative estimate of drug-likeness (QED) is 0.581. The predicted octanol–water partition coefficient (Wildman–Crippen LogP) is 0.910. The molecule has 0 N–H and O–H groups in total. The van der Waals surface area contributed by atoms with E-state index in [0.29, 0.717) is 0 Å². The smallest absolute Gasteiger partial charge is 0.0805 e. The van der Waals surface area contributed by atoms with Crippen LogP contribution in [0.2, 0.25) is 0 Å². The van der Waals surface area contributed by atoms with Crippen LogP contribution in [0.5, 0.6) is 0 Å². The summed E-state index contributed by atoms with van der Waals surface area (Å²) in [6.07, 6.45) is 1.82. The maximum atomic E-state index is 4.02. The standard InChI is InChI=1S/C8H9NS/c1-4-6(2)8-7(3)9-5-10-8/h4-5H,1,3H2,2H3/b8-6+. The van der Waals surface area contributed by atoms with Gasteiger partial charge in [0.1, 0.15) is 0 Å². The van der Waals surface area contributed by atoms with Gasteiger partial charge >= 0.3 is 0 Å². The minimum Gasteiger partial charge on any atom is -0.245 e. The van der Waals surface area contributed by atoms with E-state index in [1.807, 2.05) is 13.0 Å². The van der Waals surface area contributed by atoms with E-state index in [0.717, 1.165) is 15.5 Å². The molecule has 52 valence electrons. The molecular formula is C8H9NS. The Morgan fingerprint density at radius 1 is 1.80 bits per heavy atom. The van der Waals surface area contributed by atoms with Gasteiger partial charge in [0, 0.05) is 0 Å². The fraction of sp³-hybridized carbons (Fsp3) is 0.125. The van der Waals surface area contributed by atoms with Crippen LogP contribution < -0.4 is 9.88 Å². The van der Waals surface area contributed by atoms with Crippen LogP contribution in [0.15, 0.2) is 18.2 Å². The van der Waals surface area contributed by atoms with Crippen molar-refractivity contribution < 1.29 is 0 Å². The Balaban J connectivity index is 3.55. The van der Waals surface area contributed by atoms with E-state index < -0.39 is 0 Å². The number of hydrogen-bond donors (Lipinski definition) is 0. The molecule has 1 nitrogen and oxygen atoms in total. The summed E-state index contributed by atoms with van der Waals surface area (Å²) in [4.78, 5) is 4.02. The molecule has 2 heteroatoms. The number of allylic oxidation sites excluding steroid dienone is 1. The molecule has 1 rings (SSSR count). The van der Waals surface area contributed by atoms with Crippen molar-refractivity contribution in [1.82, 2.24) is 4.98 Å². The fourth-order valence-electron chi connectivity index (χ4n) is 0.683. The van der Waals surface area contributed by atoms with Gasteiger partial charge in [0.25, 0.3) is 0 Å². The van der Waals surface area contributed by atoms with E-state index in [2.05, 4.69) is 18.1 Å². The second kappa shape index (κ2) is 2.80. The molecule has 0 aliphatic rings. The molecule has 0 amide bonds. The van der Waals surface area contributed by atoms with E-state index >= 15 is 0 Å². The first-order valence-corrected chi connectivity index (χ1v) is 3.85. The molecule has 0 aliphatic carbocycles. The molecule has 0 radical (unpaired) electrons. The zero-order valence-electron chi connectivity index (χ0n) is 5.92. The van der Waals surface area contributed by atoms with Gasteiger partial charge < -0.3 is 0 Å². The van der Waals surface area contributed by atoms with Gasteiger partial charge in [0.15, 0.2) is 0 Å². The summed E-state index contributed by atoms with van der Waals surface area (Å²) in [5, 5.41) is 0.849. The number of aromatic nitrogens is 1. The van der Waals surface area contributed by atoms with Crippen molar-refractivity contribution in [1.29, 1.82) is 0 Å². The highest BCUT2D eigenvalue weighted by Crippen LogP contribution is 1.89. The van der Waals surface area contributed by atoms with Crippen molar-refractivity contribution in [3.05, 3.63) is 28.0 Å². The van der Waals surface area contributed by atoms with E-state index in [-0.39, 0.29) is 0 Å². The van der Waals surface area contributed by atoms with Gasteiger partial charge in [-0.1, -0.05) is 19.2 Å². The molecule has 0 unspecified atom stereocenters. The number of rotatable bonds is 1. The lowest BCUT2D eigenvalue weighted by Crippen LogP contribution is -2.20. The third-order valence-electron chi connectivity index (χ3n) is 1.31. The lowest BCUT2D eigenvalue weighted by atomic mass is 10.3. The topological polar surface area (TPSA) is 12.9 Å². The molecule has 0 saturated carbocycles. The average molecular weight is 151 g/mol. The van der Waals surface area contributed by atoms with Crippen LogP contribution in [0, 0.1) is 0 Å². The summed E-state index contributed by atoms with van der Waals surface area (Å²) in [6.45, 7) is 9.46. The van der Waals surface area contributed by atoms with Crippen molar-refractivity contribution in [2.45, 2.75) is 6.92 Å². The van der Waals surface area contributed by atoms with Crippen LogP contribution in [0.1, 0.15) is 6.92 Å². The van der Waals surface area contributed by atoms with Crippen molar-refractivity contribution in [2.75, 3.05) is 0 Å². The van der Waals surface area contributed by atoms with E-state index in [1.54, 1.807) is 16.8 Å². The van der Waals surface area contributed by atoms with Gasteiger partial charge in [-0.25, -0.2) is 4.98 Å². The zero-order chi connectivity index (χ0) is 7.56. The summed E-state index contributed by atoms with van der Waals surface area (Å²) in [6, 6.07) is 0. The Bertz CT molecular complexity index is 334. The second-order valence-corrected chi connectivity index (χ2v) is 2.87. The first kappa shape index (κ1) is 7.22. The molecule has 1 aromatic rings. The molecule has 1 aromatic heterocycles. The van der Waals surface area contributed by atoms with Gasteiger partial charge in [-0.05, 0) is 12.5 Å². The SMILES string of the molecule is C=C/C(C)=c1/scnc1=C. The molecule has 0 fully saturated rings. The summed E-state index contributed by atoms with van der Waals surface area (Å²) >= 11 is 1.60. The monoisotopic (exact) mass is 151 g/mol. The van der Waals surface area contributed by atoms with Crippen LogP contribution in [-0.4, -0.2) is 4.98 Å². The van der Waals surface area contributed by atoms with Gasteiger partial charge in [0.05, 0.1) is 15.4 Å². The molecule has 0 spiro atoms. The summed E-state index contributed by atoms with van der Waals surface area (Å²) < 4.78 is 1.13. The molecule has 0 bridgehead atoms. The lowest BCUT2D eigenvalue weighted by molar-refractivity contribution is 1.32. The predicted molar refractivity (Wildman–Crippen MR) is 46.2 cm³/mol. The Kier molecular flexibility index (Phi) is 2.02. The van der Waals surface area contributed by atoms with Gasteiger partial charge in [-0.15, -0.1) is 11.3 Å². The van der Waals surface area contributed by atoms with Crippen LogP contribution in [0.25, 0.3) is 12.2 Å². The lowest BCUT2D eigenvalue weighted by Gasteiger charge is -1.82. The second-order valence-electron chi connectivity index (χ2n) is 2.02.